The molecule has 0 bridgehead atoms. The van der Waals surface area contributed by atoms with Crippen LogP contribution in [0.15, 0.2) is 60.9 Å². The van der Waals surface area contributed by atoms with Crippen LogP contribution < -0.4 is 20.3 Å². The summed E-state index contributed by atoms with van der Waals surface area (Å²) in [5, 5.41) is 5.99. The van der Waals surface area contributed by atoms with Crippen molar-refractivity contribution in [3.63, 3.8) is 0 Å². The van der Waals surface area contributed by atoms with Crippen molar-refractivity contribution in [2.24, 2.45) is 0 Å². The van der Waals surface area contributed by atoms with Gasteiger partial charge in [0.2, 0.25) is 0 Å². The first-order chi connectivity index (χ1) is 16.4. The van der Waals surface area contributed by atoms with Crippen molar-refractivity contribution in [2.45, 2.75) is 12.9 Å². The van der Waals surface area contributed by atoms with Gasteiger partial charge in [0.25, 0.3) is 0 Å². The normalized spacial score (nSPS) is 14.0. The Morgan fingerprint density at radius 3 is 3.00 bits per heavy atom. The molecule has 0 unspecified atom stereocenters. The van der Waals surface area contributed by atoms with E-state index in [1.807, 2.05) is 12.1 Å². The number of hydrogen-bond acceptors (Lipinski definition) is 4. The van der Waals surface area contributed by atoms with Gasteiger partial charge in [-0.15, -0.1) is 0 Å². The first-order valence-corrected chi connectivity index (χ1v) is 10.1. The third-order valence-electron chi connectivity index (χ3n) is 5.41. The van der Waals surface area contributed by atoms with Gasteiger partial charge in [-0.25, -0.2) is 14.2 Å². The number of hydrogen-bond donors (Lipinski definition) is 3. The van der Waals surface area contributed by atoms with Crippen LogP contribution >= 0.6 is 0 Å². The molecule has 0 fully saturated rings. The number of amides is 2. The molecule has 0 aliphatic carbocycles. The van der Waals surface area contributed by atoms with Gasteiger partial charge in [0.05, 0.1) is 15.5 Å². The van der Waals surface area contributed by atoms with Gasteiger partial charge in [-0.1, -0.05) is 6.07 Å². The summed E-state index contributed by atoms with van der Waals surface area (Å²) in [5.41, 5.74) is 3.17. The van der Waals surface area contributed by atoms with Crippen LogP contribution in [-0.4, -0.2) is 29.7 Å². The van der Waals surface area contributed by atoms with Crippen LogP contribution in [0, 0.1) is 5.82 Å². The molecule has 2 aromatic carbocycles. The molecule has 5 rings (SSSR count). The molecule has 162 valence electrons. The Hall–Kier alpha value is -4.07. The lowest BCUT2D eigenvalue weighted by molar-refractivity contribution is 0.262. The minimum Gasteiger partial charge on any atom is -0.497 e. The number of carbonyl (C=O) groups excluding carboxylic acids is 1. The van der Waals surface area contributed by atoms with Crippen molar-refractivity contribution in [1.82, 2.24) is 9.97 Å². The fourth-order valence-electron chi connectivity index (χ4n) is 3.87. The third-order valence-corrected chi connectivity index (χ3v) is 5.41. The fourth-order valence-corrected chi connectivity index (χ4v) is 3.87. The number of H-pyrrole nitrogens is 1. The Morgan fingerprint density at radius 2 is 2.12 bits per heavy atom. The summed E-state index contributed by atoms with van der Waals surface area (Å²) in [7, 11) is 1.46. The number of aromatic nitrogens is 2. The fraction of sp³-hybridized carbons (Fsp3) is 0.167. The number of halogens is 1. The number of anilines is 3. The first kappa shape index (κ1) is 17.6. The lowest BCUT2D eigenvalue weighted by Gasteiger charge is -2.20. The molecule has 0 spiro atoms. The molecule has 0 saturated heterocycles. The number of benzene rings is 2. The van der Waals surface area contributed by atoms with Crippen molar-refractivity contribution >= 4 is 34.1 Å². The Balaban J connectivity index is 1.41. The maximum absolute atomic E-state index is 14.1. The number of nitrogens with one attached hydrogen (secondary N) is 3. The second-order valence-corrected chi connectivity index (χ2v) is 7.34. The monoisotopic (exact) mass is 433 g/mol. The number of urea groups is 1. The molecule has 8 heteroatoms. The minimum absolute atomic E-state index is 0.00408. The lowest BCUT2D eigenvalue weighted by Crippen LogP contribution is -2.21. The molecular weight excluding hydrogens is 409 g/mol. The highest BCUT2D eigenvalue weighted by atomic mass is 19.1. The molecule has 2 aromatic heterocycles. The van der Waals surface area contributed by atoms with Crippen molar-refractivity contribution in [3.8, 4) is 5.75 Å². The Morgan fingerprint density at radius 1 is 1.25 bits per heavy atom. The highest BCUT2D eigenvalue weighted by Crippen LogP contribution is 2.35. The van der Waals surface area contributed by atoms with Crippen molar-refractivity contribution < 1.29 is 16.7 Å². The van der Waals surface area contributed by atoms with E-state index in [-0.39, 0.29) is 5.69 Å². The SMILES string of the molecule is [2H]C([2H])(c1ccnc2[nH]ccc12)N1CCc2c(NC(=O)Nc3cc(OC)ccc3F)cccc21. The van der Waals surface area contributed by atoms with E-state index in [1.54, 1.807) is 35.5 Å². The van der Waals surface area contributed by atoms with E-state index in [4.69, 9.17) is 7.48 Å². The predicted octanol–water partition coefficient (Wildman–Crippen LogP) is 4.92. The molecular formula is C24H22FN5O2. The van der Waals surface area contributed by atoms with Crippen molar-refractivity contribution in [1.29, 1.82) is 0 Å². The van der Waals surface area contributed by atoms with Gasteiger partial charge in [0.1, 0.15) is 17.2 Å². The summed E-state index contributed by atoms with van der Waals surface area (Å²) in [4.78, 5) is 21.6. The van der Waals surface area contributed by atoms with E-state index in [1.165, 1.54) is 25.3 Å². The molecule has 0 radical (unpaired) electrons. The molecule has 4 aromatic rings. The van der Waals surface area contributed by atoms with Crippen LogP contribution in [0.3, 0.4) is 0 Å². The summed E-state index contributed by atoms with van der Waals surface area (Å²) in [6.07, 6.45) is 3.87. The first-order valence-electron chi connectivity index (χ1n) is 11.1. The summed E-state index contributed by atoms with van der Waals surface area (Å²) < 4.78 is 37.1. The number of rotatable bonds is 5. The summed E-state index contributed by atoms with van der Waals surface area (Å²) in [6, 6.07) is 12.3. The topological polar surface area (TPSA) is 82.3 Å². The highest BCUT2D eigenvalue weighted by molar-refractivity contribution is 6.01. The molecule has 3 heterocycles. The van der Waals surface area contributed by atoms with Crippen LogP contribution in [0.5, 0.6) is 5.75 Å². The molecule has 0 saturated carbocycles. The molecule has 1 aliphatic heterocycles. The van der Waals surface area contributed by atoms with E-state index in [0.29, 0.717) is 41.3 Å². The Bertz CT molecular complexity index is 1390. The average molecular weight is 433 g/mol. The zero-order valence-electron chi connectivity index (χ0n) is 19.3. The smallest absolute Gasteiger partial charge is 0.323 e. The Kier molecular flexibility index (Phi) is 4.52. The van der Waals surface area contributed by atoms with Crippen molar-refractivity contribution in [2.75, 3.05) is 29.2 Å². The summed E-state index contributed by atoms with van der Waals surface area (Å²) in [5.74, 6) is -0.162. The van der Waals surface area contributed by atoms with Crippen LogP contribution in [0.4, 0.5) is 26.2 Å². The number of nitrogens with zero attached hydrogens (tertiary/aromatic N) is 2. The molecule has 32 heavy (non-hydrogen) atoms. The van der Waals surface area contributed by atoms with Gasteiger partial charge in [0.15, 0.2) is 0 Å². The number of fused-ring (bicyclic) bond motifs is 2. The van der Waals surface area contributed by atoms with E-state index >= 15 is 0 Å². The number of carbonyl (C=O) groups is 1. The average Bonchev–Trinajstić information content (AvgIpc) is 3.48. The van der Waals surface area contributed by atoms with Gasteiger partial charge >= 0.3 is 6.03 Å². The van der Waals surface area contributed by atoms with Gasteiger partial charge in [-0.2, -0.15) is 0 Å². The quantitative estimate of drug-likeness (QED) is 0.417. The lowest BCUT2D eigenvalue weighted by atomic mass is 10.1. The van der Waals surface area contributed by atoms with Crippen LogP contribution in [0.1, 0.15) is 13.9 Å². The zero-order chi connectivity index (χ0) is 23.9. The molecule has 2 amide bonds. The minimum atomic E-state index is -1.81. The van der Waals surface area contributed by atoms with E-state index in [2.05, 4.69) is 20.6 Å². The van der Waals surface area contributed by atoms with Gasteiger partial charge in [-0.3, -0.25) is 0 Å². The number of aromatic amines is 1. The van der Waals surface area contributed by atoms with Gasteiger partial charge < -0.3 is 25.3 Å². The molecule has 0 atom stereocenters. The maximum Gasteiger partial charge on any atom is 0.323 e. The predicted molar refractivity (Wildman–Crippen MR) is 123 cm³/mol. The second-order valence-electron chi connectivity index (χ2n) is 7.34. The Labute approximate surface area is 187 Å². The van der Waals surface area contributed by atoms with E-state index in [0.717, 1.165) is 10.9 Å². The largest absolute Gasteiger partial charge is 0.497 e. The molecule has 7 nitrogen and oxygen atoms in total. The van der Waals surface area contributed by atoms with Crippen LogP contribution in [0.25, 0.3) is 11.0 Å². The molecule has 3 N–H and O–H groups in total. The standard InChI is InChI=1S/C24H22FN5O2/c1-32-16-5-6-19(25)21(13-16)29-24(31)28-20-3-2-4-22-18(20)9-12-30(22)14-15-7-10-26-23-17(15)8-11-27-23/h2-8,10-11,13H,9,12,14H2,1H3,(H,26,27)(H2,28,29,31)/i14D2. The zero-order valence-corrected chi connectivity index (χ0v) is 17.3. The summed E-state index contributed by atoms with van der Waals surface area (Å²) >= 11 is 0. The third kappa shape index (κ3) is 3.71. The van der Waals surface area contributed by atoms with E-state index < -0.39 is 18.3 Å². The maximum atomic E-state index is 14.1. The highest BCUT2D eigenvalue weighted by Gasteiger charge is 2.23. The van der Waals surface area contributed by atoms with Gasteiger partial charge in [-0.05, 0) is 48.4 Å². The van der Waals surface area contributed by atoms with Crippen LogP contribution in [-0.2, 0) is 12.9 Å². The van der Waals surface area contributed by atoms with Crippen molar-refractivity contribution in [3.05, 3.63) is 77.9 Å². The van der Waals surface area contributed by atoms with E-state index in [9.17, 15) is 9.18 Å². The molecule has 1 aliphatic rings. The number of pyridine rings is 1. The number of ether oxygens (including phenoxy) is 1. The van der Waals surface area contributed by atoms with Crippen LogP contribution in [0.2, 0.25) is 0 Å². The number of methoxy groups -OCH3 is 1. The van der Waals surface area contributed by atoms with Gasteiger partial charge in [0, 0.05) is 53.8 Å². The summed E-state index contributed by atoms with van der Waals surface area (Å²) in [6.45, 7) is -1.37. The second kappa shape index (κ2) is 8.22.